The van der Waals surface area contributed by atoms with Gasteiger partial charge in [-0.3, -0.25) is 14.4 Å². The smallest absolute Gasteiger partial charge is 0.305 e. The highest BCUT2D eigenvalue weighted by atomic mass is 16.6. The third kappa shape index (κ3) is 7.21. The summed E-state index contributed by atoms with van der Waals surface area (Å²) in [6.07, 6.45) is 8.48. The van der Waals surface area contributed by atoms with Crippen molar-refractivity contribution in [2.75, 3.05) is 7.11 Å². The van der Waals surface area contributed by atoms with Crippen molar-refractivity contribution in [3.63, 3.8) is 0 Å². The minimum absolute atomic E-state index is 0.0264. The Morgan fingerprint density at radius 3 is 2.58 bits per heavy atom. The SMILES string of the molecule is CC#CCC(C)(C)C(=O)C=C[C@@H]1[C@H]2C[C@@H](CCCCC(=O)OC)O[C@H]2C[C@H]1OC(C)=O. The molecule has 1 saturated heterocycles. The number of rotatable bonds is 10. The zero-order chi connectivity index (χ0) is 23.0. The third-order valence-electron chi connectivity index (χ3n) is 6.31. The summed E-state index contributed by atoms with van der Waals surface area (Å²) in [6, 6.07) is 0. The van der Waals surface area contributed by atoms with Crippen molar-refractivity contribution in [2.45, 2.75) is 91.0 Å². The standard InChI is InChI=1S/C25H36O6/c1-6-7-14-25(3,4)23(27)13-12-19-20-15-18(10-8-9-11-24(28)29-5)31-22(20)16-21(19)30-17(2)26/h12-13,18-22H,8-11,14-16H2,1-5H3/t18-,19-,20-,21-,22+/m1/s1. The van der Waals surface area contributed by atoms with Crippen LogP contribution in [0.5, 0.6) is 0 Å². The van der Waals surface area contributed by atoms with E-state index >= 15 is 0 Å². The van der Waals surface area contributed by atoms with Crippen LogP contribution < -0.4 is 0 Å². The van der Waals surface area contributed by atoms with Crippen molar-refractivity contribution < 1.29 is 28.6 Å². The highest BCUT2D eigenvalue weighted by molar-refractivity contribution is 5.94. The van der Waals surface area contributed by atoms with Crippen LogP contribution in [-0.2, 0) is 28.6 Å². The molecule has 0 spiro atoms. The Hall–Kier alpha value is -2.13. The van der Waals surface area contributed by atoms with Gasteiger partial charge in [0, 0.05) is 37.5 Å². The molecule has 0 unspecified atom stereocenters. The quantitative estimate of drug-likeness (QED) is 0.225. The second-order valence-corrected chi connectivity index (χ2v) is 9.19. The molecule has 2 rings (SSSR count). The van der Waals surface area contributed by atoms with Crippen molar-refractivity contribution in [2.24, 2.45) is 17.3 Å². The number of carbonyl (C=O) groups excluding carboxylic acids is 3. The first-order valence-electron chi connectivity index (χ1n) is 11.2. The van der Waals surface area contributed by atoms with Gasteiger partial charge in [-0.1, -0.05) is 26.3 Å². The molecule has 2 aliphatic rings. The molecule has 0 N–H and O–H groups in total. The number of ether oxygens (including phenoxy) is 3. The number of ketones is 1. The van der Waals surface area contributed by atoms with Crippen molar-refractivity contribution in [1.29, 1.82) is 0 Å². The minimum atomic E-state index is -0.553. The monoisotopic (exact) mass is 432 g/mol. The summed E-state index contributed by atoms with van der Waals surface area (Å²) in [5.41, 5.74) is -0.553. The van der Waals surface area contributed by atoms with Crippen molar-refractivity contribution in [3.05, 3.63) is 12.2 Å². The predicted molar refractivity (Wildman–Crippen MR) is 117 cm³/mol. The number of hydrogen-bond acceptors (Lipinski definition) is 6. The Labute approximate surface area is 186 Å². The summed E-state index contributed by atoms with van der Waals surface area (Å²) < 4.78 is 16.5. The maximum absolute atomic E-state index is 12.7. The lowest BCUT2D eigenvalue weighted by molar-refractivity contribution is -0.148. The Bertz CT molecular complexity index is 741. The highest BCUT2D eigenvalue weighted by Gasteiger charge is 2.49. The van der Waals surface area contributed by atoms with Crippen LogP contribution in [0, 0.1) is 29.1 Å². The zero-order valence-corrected chi connectivity index (χ0v) is 19.4. The maximum atomic E-state index is 12.7. The van der Waals surface area contributed by atoms with Gasteiger partial charge in [0.25, 0.3) is 0 Å². The zero-order valence-electron chi connectivity index (χ0n) is 19.4. The Kier molecular flexibility index (Phi) is 9.31. The molecule has 6 nitrogen and oxygen atoms in total. The summed E-state index contributed by atoms with van der Waals surface area (Å²) >= 11 is 0. The minimum Gasteiger partial charge on any atom is -0.469 e. The number of esters is 2. The van der Waals surface area contributed by atoms with Crippen LogP contribution >= 0.6 is 0 Å². The van der Waals surface area contributed by atoms with E-state index in [1.54, 1.807) is 13.0 Å². The molecule has 0 aromatic heterocycles. The second-order valence-electron chi connectivity index (χ2n) is 9.19. The predicted octanol–water partition coefficient (Wildman–Crippen LogP) is 4.01. The van der Waals surface area contributed by atoms with E-state index in [4.69, 9.17) is 9.47 Å². The van der Waals surface area contributed by atoms with Gasteiger partial charge in [-0.2, -0.15) is 0 Å². The van der Waals surface area contributed by atoms with Gasteiger partial charge in [-0.05, 0) is 38.2 Å². The van der Waals surface area contributed by atoms with Gasteiger partial charge >= 0.3 is 11.9 Å². The van der Waals surface area contributed by atoms with Gasteiger partial charge in [-0.25, -0.2) is 0 Å². The van der Waals surface area contributed by atoms with Gasteiger partial charge in [0.15, 0.2) is 5.78 Å². The lowest BCUT2D eigenvalue weighted by atomic mass is 9.83. The fraction of sp³-hybridized carbons (Fsp3) is 0.720. The molecule has 5 atom stereocenters. The molecular formula is C25H36O6. The average molecular weight is 433 g/mol. The Morgan fingerprint density at radius 2 is 1.94 bits per heavy atom. The van der Waals surface area contributed by atoms with Gasteiger partial charge < -0.3 is 14.2 Å². The van der Waals surface area contributed by atoms with E-state index in [2.05, 4.69) is 16.6 Å². The topological polar surface area (TPSA) is 78.9 Å². The van der Waals surface area contributed by atoms with Gasteiger partial charge in [0.05, 0.1) is 19.3 Å². The second kappa shape index (κ2) is 11.5. The molecule has 0 aromatic carbocycles. The molecule has 6 heteroatoms. The summed E-state index contributed by atoms with van der Waals surface area (Å²) in [5.74, 6) is 5.54. The van der Waals surface area contributed by atoms with E-state index < -0.39 is 5.41 Å². The van der Waals surface area contributed by atoms with E-state index in [1.807, 2.05) is 19.9 Å². The molecular weight excluding hydrogens is 396 g/mol. The number of unbranched alkanes of at least 4 members (excludes halogenated alkanes) is 1. The number of allylic oxidation sites excluding steroid dienone is 1. The van der Waals surface area contributed by atoms with Crippen LogP contribution in [0.25, 0.3) is 0 Å². The number of methoxy groups -OCH3 is 1. The molecule has 172 valence electrons. The first-order chi connectivity index (χ1) is 14.7. The van der Waals surface area contributed by atoms with E-state index in [0.29, 0.717) is 19.3 Å². The van der Waals surface area contributed by atoms with Gasteiger partial charge in [0.2, 0.25) is 0 Å². The van der Waals surface area contributed by atoms with Crippen LogP contribution in [0.1, 0.15) is 72.6 Å². The van der Waals surface area contributed by atoms with Crippen molar-refractivity contribution >= 4 is 17.7 Å². The van der Waals surface area contributed by atoms with Crippen molar-refractivity contribution in [1.82, 2.24) is 0 Å². The van der Waals surface area contributed by atoms with E-state index in [9.17, 15) is 14.4 Å². The molecule has 0 amide bonds. The summed E-state index contributed by atoms with van der Waals surface area (Å²) in [4.78, 5) is 35.6. The first kappa shape index (κ1) is 25.1. The van der Waals surface area contributed by atoms with Gasteiger partial charge in [0.1, 0.15) is 6.10 Å². The number of fused-ring (bicyclic) bond motifs is 1. The summed E-state index contributed by atoms with van der Waals surface area (Å²) in [5, 5.41) is 0. The fourth-order valence-electron chi connectivity index (χ4n) is 4.51. The van der Waals surface area contributed by atoms with Crippen LogP contribution in [-0.4, -0.2) is 43.1 Å². The highest BCUT2D eigenvalue weighted by Crippen LogP contribution is 2.46. The molecule has 1 aliphatic heterocycles. The largest absolute Gasteiger partial charge is 0.469 e. The van der Waals surface area contributed by atoms with E-state index in [1.165, 1.54) is 14.0 Å². The fourth-order valence-corrected chi connectivity index (χ4v) is 4.51. The molecule has 0 bridgehead atoms. The molecule has 0 radical (unpaired) electrons. The lowest BCUT2D eigenvalue weighted by Gasteiger charge is -2.22. The molecule has 1 aliphatic carbocycles. The van der Waals surface area contributed by atoms with E-state index in [-0.39, 0.29) is 47.9 Å². The van der Waals surface area contributed by atoms with E-state index in [0.717, 1.165) is 25.7 Å². The molecule has 31 heavy (non-hydrogen) atoms. The Morgan fingerprint density at radius 1 is 1.19 bits per heavy atom. The van der Waals surface area contributed by atoms with Crippen LogP contribution in [0.3, 0.4) is 0 Å². The van der Waals surface area contributed by atoms with Crippen LogP contribution in [0.2, 0.25) is 0 Å². The molecule has 1 heterocycles. The Balaban J connectivity index is 1.99. The molecule has 1 saturated carbocycles. The summed E-state index contributed by atoms with van der Waals surface area (Å²) in [7, 11) is 1.40. The normalized spacial score (nSPS) is 27.5. The van der Waals surface area contributed by atoms with Crippen molar-refractivity contribution in [3.8, 4) is 11.8 Å². The average Bonchev–Trinajstić information content (AvgIpc) is 3.24. The maximum Gasteiger partial charge on any atom is 0.305 e. The molecule has 0 aromatic rings. The van der Waals surface area contributed by atoms with Gasteiger partial charge in [-0.15, -0.1) is 11.8 Å². The lowest BCUT2D eigenvalue weighted by Crippen LogP contribution is -2.26. The van der Waals surface area contributed by atoms with Crippen LogP contribution in [0.4, 0.5) is 0 Å². The van der Waals surface area contributed by atoms with Crippen LogP contribution in [0.15, 0.2) is 12.2 Å². The number of hydrogen-bond donors (Lipinski definition) is 0. The number of carbonyl (C=O) groups is 3. The third-order valence-corrected chi connectivity index (χ3v) is 6.31. The molecule has 2 fully saturated rings. The summed E-state index contributed by atoms with van der Waals surface area (Å²) in [6.45, 7) is 6.98. The first-order valence-corrected chi connectivity index (χ1v) is 11.2.